The van der Waals surface area contributed by atoms with Crippen LogP contribution in [-0.4, -0.2) is 13.5 Å². The first kappa shape index (κ1) is 11.6. The molecule has 2 aromatic rings. The average Bonchev–Trinajstić information content (AvgIpc) is 2.85. The molecule has 4 nitrogen and oxygen atoms in total. The van der Waals surface area contributed by atoms with Gasteiger partial charge < -0.3 is 5.11 Å². The van der Waals surface area contributed by atoms with E-state index in [1.807, 2.05) is 0 Å². The smallest absolute Gasteiger partial charge is 0.263 e. The van der Waals surface area contributed by atoms with E-state index in [1.54, 1.807) is 22.2 Å². The molecule has 0 aliphatic rings. The highest BCUT2D eigenvalue weighted by molar-refractivity contribution is 7.93. The standard InChI is InChI=1S/C9H9NO3S3/c11-5-8-9(2-4-15-8)16(12,13)10-7-1-3-14-6-7/h1-4,6,10-11H,5H2. The van der Waals surface area contributed by atoms with Gasteiger partial charge in [-0.3, -0.25) is 4.72 Å². The molecule has 16 heavy (non-hydrogen) atoms. The third-order valence-corrected chi connectivity index (χ3v) is 5.10. The van der Waals surface area contributed by atoms with Crippen LogP contribution in [0.4, 0.5) is 5.69 Å². The first-order chi connectivity index (χ1) is 7.63. The van der Waals surface area contributed by atoms with Gasteiger partial charge in [-0.2, -0.15) is 11.3 Å². The SMILES string of the molecule is O=S(=O)(Nc1ccsc1)c1ccsc1CO. The van der Waals surface area contributed by atoms with Gasteiger partial charge in [-0.15, -0.1) is 11.3 Å². The minimum absolute atomic E-state index is 0.145. The molecular formula is C9H9NO3S3. The summed E-state index contributed by atoms with van der Waals surface area (Å²) in [6.07, 6.45) is 0. The molecule has 0 saturated carbocycles. The Morgan fingerprint density at radius 2 is 2.12 bits per heavy atom. The maximum Gasteiger partial charge on any atom is 0.263 e. The summed E-state index contributed by atoms with van der Waals surface area (Å²) in [5, 5.41) is 14.2. The zero-order valence-electron chi connectivity index (χ0n) is 8.08. The van der Waals surface area contributed by atoms with Crippen molar-refractivity contribution in [2.45, 2.75) is 11.5 Å². The number of nitrogens with one attached hydrogen (secondary N) is 1. The molecule has 2 aromatic heterocycles. The van der Waals surface area contributed by atoms with Crippen molar-refractivity contribution in [2.24, 2.45) is 0 Å². The second kappa shape index (κ2) is 4.54. The van der Waals surface area contributed by atoms with Gasteiger partial charge in [-0.1, -0.05) is 0 Å². The van der Waals surface area contributed by atoms with E-state index in [-0.39, 0.29) is 11.5 Å². The van der Waals surface area contributed by atoms with Gasteiger partial charge in [0.15, 0.2) is 0 Å². The molecule has 2 N–H and O–H groups in total. The average molecular weight is 275 g/mol. The monoisotopic (exact) mass is 275 g/mol. The molecule has 0 spiro atoms. The number of aliphatic hydroxyl groups is 1. The summed E-state index contributed by atoms with van der Waals surface area (Å²) in [4.78, 5) is 0.592. The number of sulfonamides is 1. The fraction of sp³-hybridized carbons (Fsp3) is 0.111. The number of hydrogen-bond donors (Lipinski definition) is 2. The maximum atomic E-state index is 11.9. The van der Waals surface area contributed by atoms with Gasteiger partial charge in [-0.05, 0) is 22.9 Å². The van der Waals surface area contributed by atoms with Crippen molar-refractivity contribution in [3.8, 4) is 0 Å². The Bertz CT molecular complexity index is 557. The molecule has 0 saturated heterocycles. The van der Waals surface area contributed by atoms with Gasteiger partial charge >= 0.3 is 0 Å². The van der Waals surface area contributed by atoms with Crippen LogP contribution in [0.2, 0.25) is 0 Å². The van der Waals surface area contributed by atoms with Gasteiger partial charge in [0.05, 0.1) is 17.2 Å². The molecule has 0 aromatic carbocycles. The van der Waals surface area contributed by atoms with Gasteiger partial charge in [-0.25, -0.2) is 8.42 Å². The fourth-order valence-corrected chi connectivity index (χ4v) is 4.22. The number of aliphatic hydroxyl groups excluding tert-OH is 1. The second-order valence-electron chi connectivity index (χ2n) is 2.98. The van der Waals surface area contributed by atoms with Crippen molar-refractivity contribution in [2.75, 3.05) is 4.72 Å². The molecule has 0 atom stereocenters. The van der Waals surface area contributed by atoms with Crippen LogP contribution in [0.5, 0.6) is 0 Å². The van der Waals surface area contributed by atoms with Crippen molar-refractivity contribution >= 4 is 38.4 Å². The lowest BCUT2D eigenvalue weighted by atomic mass is 10.5. The number of thiophene rings is 2. The summed E-state index contributed by atoms with van der Waals surface area (Å²) in [5.41, 5.74) is 0.542. The Hall–Kier alpha value is -0.890. The van der Waals surface area contributed by atoms with Gasteiger partial charge in [0.2, 0.25) is 0 Å². The summed E-state index contributed by atoms with van der Waals surface area (Å²) < 4.78 is 26.3. The Morgan fingerprint density at radius 3 is 2.75 bits per heavy atom. The third kappa shape index (κ3) is 2.27. The van der Waals surface area contributed by atoms with E-state index in [4.69, 9.17) is 5.11 Å². The highest BCUT2D eigenvalue weighted by Crippen LogP contribution is 2.24. The molecule has 0 bridgehead atoms. The van der Waals surface area contributed by atoms with E-state index in [9.17, 15) is 8.42 Å². The zero-order chi connectivity index (χ0) is 11.6. The van der Waals surface area contributed by atoms with Crippen LogP contribution >= 0.6 is 22.7 Å². The molecule has 0 amide bonds. The van der Waals surface area contributed by atoms with E-state index in [0.717, 1.165) is 0 Å². The molecule has 0 radical (unpaired) electrons. The van der Waals surface area contributed by atoms with Crippen LogP contribution in [0.25, 0.3) is 0 Å². The largest absolute Gasteiger partial charge is 0.391 e. The lowest BCUT2D eigenvalue weighted by Gasteiger charge is -2.05. The minimum Gasteiger partial charge on any atom is -0.391 e. The predicted molar refractivity (Wildman–Crippen MR) is 65.4 cm³/mol. The lowest BCUT2D eigenvalue weighted by molar-refractivity contribution is 0.282. The van der Waals surface area contributed by atoms with Crippen molar-refractivity contribution < 1.29 is 13.5 Å². The maximum absolute atomic E-state index is 11.9. The normalized spacial score (nSPS) is 11.6. The molecule has 0 fully saturated rings. The van der Waals surface area contributed by atoms with Crippen LogP contribution in [-0.2, 0) is 16.6 Å². The van der Waals surface area contributed by atoms with Crippen LogP contribution < -0.4 is 4.72 Å². The van der Waals surface area contributed by atoms with Crippen molar-refractivity contribution in [3.63, 3.8) is 0 Å². The number of anilines is 1. The molecule has 2 heterocycles. The summed E-state index contributed by atoms with van der Waals surface area (Å²) in [5.74, 6) is 0. The van der Waals surface area contributed by atoms with E-state index < -0.39 is 10.0 Å². The van der Waals surface area contributed by atoms with Crippen molar-refractivity contribution in [3.05, 3.63) is 33.2 Å². The number of hydrogen-bond acceptors (Lipinski definition) is 5. The Morgan fingerprint density at radius 1 is 1.31 bits per heavy atom. The first-order valence-electron chi connectivity index (χ1n) is 4.36. The lowest BCUT2D eigenvalue weighted by Crippen LogP contribution is -2.13. The molecule has 0 aliphatic carbocycles. The van der Waals surface area contributed by atoms with Gasteiger partial charge in [0.1, 0.15) is 4.90 Å². The molecule has 0 aliphatic heterocycles. The van der Waals surface area contributed by atoms with Gasteiger partial charge in [0.25, 0.3) is 10.0 Å². The zero-order valence-corrected chi connectivity index (χ0v) is 10.5. The second-order valence-corrected chi connectivity index (χ2v) is 6.42. The summed E-state index contributed by atoms with van der Waals surface area (Å²) in [7, 11) is -3.58. The first-order valence-corrected chi connectivity index (χ1v) is 7.66. The van der Waals surface area contributed by atoms with E-state index in [2.05, 4.69) is 4.72 Å². The third-order valence-electron chi connectivity index (χ3n) is 1.91. The summed E-state index contributed by atoms with van der Waals surface area (Å²) >= 11 is 2.64. The topological polar surface area (TPSA) is 66.4 Å². The Labute approximate surface area is 101 Å². The Kier molecular flexibility index (Phi) is 3.29. The highest BCUT2D eigenvalue weighted by atomic mass is 32.2. The molecule has 2 rings (SSSR count). The van der Waals surface area contributed by atoms with Crippen LogP contribution in [0, 0.1) is 0 Å². The summed E-state index contributed by atoms with van der Waals surface area (Å²) in [6, 6.07) is 3.18. The molecule has 7 heteroatoms. The molecular weight excluding hydrogens is 266 g/mol. The predicted octanol–water partition coefficient (Wildman–Crippen LogP) is 2.10. The summed E-state index contributed by atoms with van der Waals surface area (Å²) in [6.45, 7) is -0.266. The molecule has 0 unspecified atom stereocenters. The van der Waals surface area contributed by atoms with Crippen molar-refractivity contribution in [1.82, 2.24) is 0 Å². The van der Waals surface area contributed by atoms with Gasteiger partial charge in [0, 0.05) is 5.38 Å². The van der Waals surface area contributed by atoms with E-state index in [0.29, 0.717) is 10.6 Å². The Balaban J connectivity index is 2.33. The molecule has 86 valence electrons. The highest BCUT2D eigenvalue weighted by Gasteiger charge is 2.19. The number of rotatable bonds is 4. The fourth-order valence-electron chi connectivity index (χ4n) is 1.22. The van der Waals surface area contributed by atoms with Crippen LogP contribution in [0.15, 0.2) is 33.2 Å². The minimum atomic E-state index is -3.58. The van der Waals surface area contributed by atoms with Crippen molar-refractivity contribution in [1.29, 1.82) is 0 Å². The van der Waals surface area contributed by atoms with E-state index >= 15 is 0 Å². The van der Waals surface area contributed by atoms with E-state index in [1.165, 1.54) is 28.7 Å². The van der Waals surface area contributed by atoms with Crippen LogP contribution in [0.3, 0.4) is 0 Å². The quantitative estimate of drug-likeness (QED) is 0.898. The van der Waals surface area contributed by atoms with Crippen LogP contribution in [0.1, 0.15) is 4.88 Å².